The summed E-state index contributed by atoms with van der Waals surface area (Å²) in [6, 6.07) is 31.8. The van der Waals surface area contributed by atoms with Gasteiger partial charge in [0.1, 0.15) is 5.82 Å². The second kappa shape index (κ2) is 8.30. The van der Waals surface area contributed by atoms with Crippen molar-refractivity contribution in [3.8, 4) is 44.9 Å². The van der Waals surface area contributed by atoms with Crippen molar-refractivity contribution >= 4 is 11.0 Å². The summed E-state index contributed by atoms with van der Waals surface area (Å²) in [7, 11) is 0. The fraction of sp³-hybridized carbons (Fsp3) is 0. The maximum atomic E-state index is 13.3. The number of H-pyrrole nitrogens is 2. The predicted octanol–water partition coefficient (Wildman–Crippen LogP) is 6.31. The van der Waals surface area contributed by atoms with Gasteiger partial charge in [0.05, 0.1) is 22.3 Å². The molecule has 6 aromatic rings. The van der Waals surface area contributed by atoms with Crippen molar-refractivity contribution in [1.82, 2.24) is 19.9 Å². The average Bonchev–Trinajstić information content (AvgIpc) is 3.34. The molecule has 0 amide bonds. The fourth-order valence-electron chi connectivity index (χ4n) is 4.39. The fourth-order valence-corrected chi connectivity index (χ4v) is 4.39. The third-order valence-electron chi connectivity index (χ3n) is 5.93. The van der Waals surface area contributed by atoms with Crippen LogP contribution in [0.1, 0.15) is 0 Å². The second-order valence-electron chi connectivity index (χ2n) is 8.02. The van der Waals surface area contributed by atoms with E-state index in [1.54, 1.807) is 12.4 Å². The highest BCUT2D eigenvalue weighted by atomic mass is 16.1. The third-order valence-corrected chi connectivity index (χ3v) is 5.93. The smallest absolute Gasteiger partial charge is 0.259 e. The Morgan fingerprint density at radius 2 is 1.38 bits per heavy atom. The molecule has 0 aliphatic rings. The van der Waals surface area contributed by atoms with Crippen molar-refractivity contribution in [3.05, 3.63) is 120 Å². The van der Waals surface area contributed by atoms with E-state index in [-0.39, 0.29) is 5.56 Å². The van der Waals surface area contributed by atoms with Crippen LogP contribution in [-0.4, -0.2) is 19.9 Å². The Hall–Kier alpha value is -4.77. The Morgan fingerprint density at radius 1 is 0.647 bits per heavy atom. The zero-order chi connectivity index (χ0) is 22.9. The van der Waals surface area contributed by atoms with Crippen molar-refractivity contribution in [3.63, 3.8) is 0 Å². The van der Waals surface area contributed by atoms with Crippen LogP contribution in [0.25, 0.3) is 55.9 Å². The number of fused-ring (bicyclic) bond motifs is 1. The normalized spacial score (nSPS) is 11.1. The maximum Gasteiger partial charge on any atom is 0.259 e. The molecular formula is C29H20N4O. The molecule has 0 radical (unpaired) electrons. The number of rotatable bonds is 4. The van der Waals surface area contributed by atoms with E-state index < -0.39 is 0 Å². The summed E-state index contributed by atoms with van der Waals surface area (Å²) in [6.45, 7) is 0. The molecule has 3 aromatic carbocycles. The van der Waals surface area contributed by atoms with E-state index in [0.29, 0.717) is 11.4 Å². The molecule has 6 rings (SSSR count). The molecule has 0 saturated carbocycles. The quantitative estimate of drug-likeness (QED) is 0.337. The molecule has 3 aromatic heterocycles. The molecule has 2 N–H and O–H groups in total. The SMILES string of the molecule is O=c1[nH]cc(-c2ccccn2)c(-c2ccccc2)c1-c1nc2c(-c3ccccc3)cccc2[nH]1. The largest absolute Gasteiger partial charge is 0.338 e. The van der Waals surface area contributed by atoms with Crippen molar-refractivity contribution in [1.29, 1.82) is 0 Å². The Bertz CT molecular complexity index is 1650. The van der Waals surface area contributed by atoms with Crippen LogP contribution in [0.4, 0.5) is 0 Å². The molecule has 0 unspecified atom stereocenters. The van der Waals surface area contributed by atoms with Gasteiger partial charge in [0, 0.05) is 29.1 Å². The minimum absolute atomic E-state index is 0.209. The van der Waals surface area contributed by atoms with Gasteiger partial charge in [0.2, 0.25) is 0 Å². The monoisotopic (exact) mass is 440 g/mol. The minimum Gasteiger partial charge on any atom is -0.338 e. The van der Waals surface area contributed by atoms with Crippen LogP contribution in [0.2, 0.25) is 0 Å². The lowest BCUT2D eigenvalue weighted by atomic mass is 9.94. The summed E-state index contributed by atoms with van der Waals surface area (Å²) in [5.74, 6) is 0.524. The van der Waals surface area contributed by atoms with E-state index in [1.165, 1.54) is 0 Å². The van der Waals surface area contributed by atoms with Crippen molar-refractivity contribution in [2.24, 2.45) is 0 Å². The van der Waals surface area contributed by atoms with Crippen LogP contribution in [0.3, 0.4) is 0 Å². The number of benzene rings is 3. The zero-order valence-electron chi connectivity index (χ0n) is 18.2. The van der Waals surface area contributed by atoms with Gasteiger partial charge in [-0.3, -0.25) is 9.78 Å². The van der Waals surface area contributed by atoms with Crippen LogP contribution >= 0.6 is 0 Å². The number of nitrogens with zero attached hydrogens (tertiary/aromatic N) is 2. The number of hydrogen-bond acceptors (Lipinski definition) is 3. The van der Waals surface area contributed by atoms with E-state index >= 15 is 0 Å². The Balaban J connectivity index is 1.65. The van der Waals surface area contributed by atoms with Gasteiger partial charge in [-0.15, -0.1) is 0 Å². The lowest BCUT2D eigenvalue weighted by Crippen LogP contribution is -2.12. The van der Waals surface area contributed by atoms with Crippen LogP contribution in [0, 0.1) is 0 Å². The average molecular weight is 441 g/mol. The zero-order valence-corrected chi connectivity index (χ0v) is 18.2. The van der Waals surface area contributed by atoms with Crippen molar-refractivity contribution in [2.45, 2.75) is 0 Å². The molecule has 0 bridgehead atoms. The van der Waals surface area contributed by atoms with Crippen LogP contribution in [-0.2, 0) is 0 Å². The lowest BCUT2D eigenvalue weighted by Gasteiger charge is -2.13. The van der Waals surface area contributed by atoms with E-state index in [9.17, 15) is 4.79 Å². The van der Waals surface area contributed by atoms with Crippen molar-refractivity contribution in [2.75, 3.05) is 0 Å². The summed E-state index contributed by atoms with van der Waals surface area (Å²) < 4.78 is 0. The molecule has 162 valence electrons. The van der Waals surface area contributed by atoms with Crippen molar-refractivity contribution < 1.29 is 0 Å². The van der Waals surface area contributed by atoms with E-state index in [0.717, 1.165) is 44.5 Å². The number of nitrogens with one attached hydrogen (secondary N) is 2. The first-order valence-electron chi connectivity index (χ1n) is 11.1. The predicted molar refractivity (Wildman–Crippen MR) is 136 cm³/mol. The van der Waals surface area contributed by atoms with Gasteiger partial charge in [0.25, 0.3) is 5.56 Å². The van der Waals surface area contributed by atoms with E-state index in [4.69, 9.17) is 4.98 Å². The topological polar surface area (TPSA) is 74.4 Å². The minimum atomic E-state index is -0.209. The molecule has 5 heteroatoms. The molecule has 5 nitrogen and oxygen atoms in total. The highest BCUT2D eigenvalue weighted by molar-refractivity contribution is 5.97. The van der Waals surface area contributed by atoms with Gasteiger partial charge in [-0.2, -0.15) is 0 Å². The van der Waals surface area contributed by atoms with Gasteiger partial charge < -0.3 is 9.97 Å². The molecule has 0 aliphatic heterocycles. The first-order valence-corrected chi connectivity index (χ1v) is 11.1. The maximum absolute atomic E-state index is 13.3. The molecule has 0 spiro atoms. The van der Waals surface area contributed by atoms with Crippen LogP contribution < -0.4 is 5.56 Å². The summed E-state index contributed by atoms with van der Waals surface area (Å²) in [6.07, 6.45) is 3.48. The number of aromatic amines is 2. The first kappa shape index (κ1) is 19.9. The van der Waals surface area contributed by atoms with E-state index in [1.807, 2.05) is 78.9 Å². The molecule has 0 fully saturated rings. The standard InChI is InChI=1S/C29H20N4O/c34-29-26(28-32-24-16-9-14-21(27(24)33-28)19-10-3-1-4-11-19)25(20-12-5-2-6-13-20)22(18-31-29)23-15-7-8-17-30-23/h1-18H,(H,31,34)(H,32,33). The molecular weight excluding hydrogens is 420 g/mol. The van der Waals surface area contributed by atoms with Gasteiger partial charge in [-0.05, 0) is 29.3 Å². The number of imidazole rings is 1. The summed E-state index contributed by atoms with van der Waals surface area (Å²) in [5, 5.41) is 0. The van der Waals surface area contributed by atoms with Crippen LogP contribution in [0.15, 0.2) is 114 Å². The van der Waals surface area contributed by atoms with Crippen LogP contribution in [0.5, 0.6) is 0 Å². The first-order chi connectivity index (χ1) is 16.8. The summed E-state index contributed by atoms with van der Waals surface area (Å²) in [5.41, 5.74) is 7.40. The summed E-state index contributed by atoms with van der Waals surface area (Å²) >= 11 is 0. The summed E-state index contributed by atoms with van der Waals surface area (Å²) in [4.78, 5) is 29.1. The Morgan fingerprint density at radius 3 is 2.12 bits per heavy atom. The van der Waals surface area contributed by atoms with Gasteiger partial charge in [-0.1, -0.05) is 78.9 Å². The van der Waals surface area contributed by atoms with Gasteiger partial charge in [0.15, 0.2) is 0 Å². The molecule has 0 saturated heterocycles. The highest BCUT2D eigenvalue weighted by Crippen LogP contribution is 2.37. The molecule has 0 atom stereocenters. The second-order valence-corrected chi connectivity index (χ2v) is 8.02. The highest BCUT2D eigenvalue weighted by Gasteiger charge is 2.21. The number of pyridine rings is 2. The number of aromatic nitrogens is 4. The molecule has 3 heterocycles. The Labute approximate surface area is 195 Å². The molecule has 34 heavy (non-hydrogen) atoms. The van der Waals surface area contributed by atoms with Gasteiger partial charge >= 0.3 is 0 Å². The molecule has 0 aliphatic carbocycles. The number of para-hydroxylation sites is 1. The lowest BCUT2D eigenvalue weighted by molar-refractivity contribution is 1.20. The van der Waals surface area contributed by atoms with E-state index in [2.05, 4.69) is 33.2 Å². The number of hydrogen-bond donors (Lipinski definition) is 2. The third kappa shape index (κ3) is 3.40. The van der Waals surface area contributed by atoms with Gasteiger partial charge in [-0.25, -0.2) is 4.98 Å². The Kier molecular flexibility index (Phi) is 4.85.